The Bertz CT molecular complexity index is 765. The molecule has 0 radical (unpaired) electrons. The van der Waals surface area contributed by atoms with Gasteiger partial charge in [0, 0.05) is 30.4 Å². The van der Waals surface area contributed by atoms with Crippen molar-refractivity contribution in [3.05, 3.63) is 36.0 Å². The highest BCUT2D eigenvalue weighted by molar-refractivity contribution is 5.79. The molecule has 1 aliphatic heterocycles. The topological polar surface area (TPSA) is 93.4 Å². The molecule has 7 heteroatoms. The fourth-order valence-electron chi connectivity index (χ4n) is 3.12. The number of hydrogen-bond donors (Lipinski definition) is 2. The number of carbonyl (C=O) groups is 1. The van der Waals surface area contributed by atoms with Crippen molar-refractivity contribution in [1.82, 2.24) is 15.4 Å². The fourth-order valence-corrected chi connectivity index (χ4v) is 3.12. The predicted molar refractivity (Wildman–Crippen MR) is 96.0 cm³/mol. The number of benzene rings is 1. The van der Waals surface area contributed by atoms with Gasteiger partial charge in [0.2, 0.25) is 5.91 Å². The van der Waals surface area contributed by atoms with Crippen LogP contribution >= 0.6 is 0 Å². The molecule has 0 aliphatic carbocycles. The number of hydrazine groups is 1. The van der Waals surface area contributed by atoms with Gasteiger partial charge in [-0.3, -0.25) is 10.2 Å². The Morgan fingerprint density at radius 3 is 2.96 bits per heavy atom. The Morgan fingerprint density at radius 1 is 1.36 bits per heavy atom. The number of carbonyl (C=O) groups excluding carboxylic acids is 1. The molecule has 25 heavy (non-hydrogen) atoms. The summed E-state index contributed by atoms with van der Waals surface area (Å²) >= 11 is 0. The van der Waals surface area contributed by atoms with Crippen molar-refractivity contribution in [1.29, 1.82) is 0 Å². The average Bonchev–Trinajstić information content (AvgIpc) is 2.67. The third-order valence-electron chi connectivity index (χ3n) is 4.43. The summed E-state index contributed by atoms with van der Waals surface area (Å²) in [6, 6.07) is 9.64. The molecule has 3 rings (SSSR count). The van der Waals surface area contributed by atoms with E-state index in [1.807, 2.05) is 37.3 Å². The van der Waals surface area contributed by atoms with Crippen LogP contribution in [0.5, 0.6) is 5.75 Å². The Hall–Kier alpha value is -2.67. The molecule has 1 fully saturated rings. The van der Waals surface area contributed by atoms with E-state index in [2.05, 4.69) is 15.3 Å². The van der Waals surface area contributed by atoms with Gasteiger partial charge in [0.05, 0.1) is 13.0 Å². The largest absolute Gasteiger partial charge is 0.497 e. The molecule has 0 bridgehead atoms. The van der Waals surface area contributed by atoms with Crippen LogP contribution in [0.15, 0.2) is 30.3 Å². The standard InChI is InChI=1S/C18H23N5O2/c1-12-9-16(23-8-4-6-14(11-23)18(24)22-19)21-17(20-12)13-5-3-7-15(10-13)25-2/h3,5,7,9-10,14H,4,6,8,11,19H2,1-2H3,(H,22,24). The Balaban J connectivity index is 1.90. The number of nitrogens with two attached hydrogens (primary N) is 1. The van der Waals surface area contributed by atoms with Gasteiger partial charge in [-0.15, -0.1) is 0 Å². The molecule has 132 valence electrons. The van der Waals surface area contributed by atoms with Gasteiger partial charge in [-0.1, -0.05) is 12.1 Å². The van der Waals surface area contributed by atoms with Gasteiger partial charge in [0.15, 0.2) is 5.82 Å². The average molecular weight is 341 g/mol. The molecule has 1 amide bonds. The van der Waals surface area contributed by atoms with Gasteiger partial charge in [-0.25, -0.2) is 15.8 Å². The molecule has 7 nitrogen and oxygen atoms in total. The maximum atomic E-state index is 11.9. The van der Waals surface area contributed by atoms with Crippen molar-refractivity contribution < 1.29 is 9.53 Å². The number of rotatable bonds is 4. The molecule has 1 aliphatic rings. The number of piperidine rings is 1. The summed E-state index contributed by atoms with van der Waals surface area (Å²) in [6.45, 7) is 3.42. The van der Waals surface area contributed by atoms with Crippen LogP contribution in [0.25, 0.3) is 11.4 Å². The molecule has 2 aromatic rings. The van der Waals surface area contributed by atoms with E-state index in [1.165, 1.54) is 0 Å². The maximum Gasteiger partial charge on any atom is 0.238 e. The lowest BCUT2D eigenvalue weighted by molar-refractivity contribution is -0.125. The summed E-state index contributed by atoms with van der Waals surface area (Å²) in [4.78, 5) is 23.3. The van der Waals surface area contributed by atoms with Gasteiger partial charge in [-0.2, -0.15) is 0 Å². The Morgan fingerprint density at radius 2 is 2.20 bits per heavy atom. The van der Waals surface area contributed by atoms with Crippen LogP contribution in [-0.2, 0) is 4.79 Å². The zero-order chi connectivity index (χ0) is 17.8. The number of aromatic nitrogens is 2. The summed E-state index contributed by atoms with van der Waals surface area (Å²) in [5, 5.41) is 0. The number of anilines is 1. The number of amides is 1. The Kier molecular flexibility index (Phi) is 5.14. The van der Waals surface area contributed by atoms with Crippen molar-refractivity contribution >= 4 is 11.7 Å². The normalized spacial score (nSPS) is 17.2. The van der Waals surface area contributed by atoms with E-state index in [1.54, 1.807) is 7.11 Å². The van der Waals surface area contributed by atoms with Gasteiger partial charge in [0.25, 0.3) is 0 Å². The molecule has 1 aromatic heterocycles. The molecule has 2 heterocycles. The molecule has 3 N–H and O–H groups in total. The summed E-state index contributed by atoms with van der Waals surface area (Å²) in [7, 11) is 1.64. The lowest BCUT2D eigenvalue weighted by Crippen LogP contribution is -2.45. The van der Waals surface area contributed by atoms with Crippen LogP contribution in [-0.4, -0.2) is 36.1 Å². The predicted octanol–water partition coefficient (Wildman–Crippen LogP) is 1.67. The highest BCUT2D eigenvalue weighted by Crippen LogP contribution is 2.26. The first kappa shape index (κ1) is 17.2. The summed E-state index contributed by atoms with van der Waals surface area (Å²) in [6.07, 6.45) is 1.77. The smallest absolute Gasteiger partial charge is 0.238 e. The molecular weight excluding hydrogens is 318 g/mol. The van der Waals surface area contributed by atoms with E-state index in [-0.39, 0.29) is 11.8 Å². The first-order valence-electron chi connectivity index (χ1n) is 8.36. The quantitative estimate of drug-likeness (QED) is 0.499. The van der Waals surface area contributed by atoms with E-state index < -0.39 is 0 Å². The second kappa shape index (κ2) is 7.48. The second-order valence-corrected chi connectivity index (χ2v) is 6.22. The minimum absolute atomic E-state index is 0.116. The first-order chi connectivity index (χ1) is 12.1. The van der Waals surface area contributed by atoms with Crippen molar-refractivity contribution in [2.75, 3.05) is 25.1 Å². The van der Waals surface area contributed by atoms with Crippen LogP contribution in [0.1, 0.15) is 18.5 Å². The van der Waals surface area contributed by atoms with Crippen molar-refractivity contribution in [2.24, 2.45) is 11.8 Å². The minimum atomic E-state index is -0.122. The van der Waals surface area contributed by atoms with Gasteiger partial charge in [-0.05, 0) is 31.9 Å². The Labute approximate surface area is 147 Å². The lowest BCUT2D eigenvalue weighted by atomic mass is 9.97. The molecule has 1 unspecified atom stereocenters. The summed E-state index contributed by atoms with van der Waals surface area (Å²) < 4.78 is 5.28. The number of methoxy groups -OCH3 is 1. The number of nitrogens with one attached hydrogen (secondary N) is 1. The van der Waals surface area contributed by atoms with E-state index in [4.69, 9.17) is 15.6 Å². The molecule has 1 saturated heterocycles. The van der Waals surface area contributed by atoms with Crippen molar-refractivity contribution in [2.45, 2.75) is 19.8 Å². The van der Waals surface area contributed by atoms with E-state index in [0.717, 1.165) is 42.2 Å². The van der Waals surface area contributed by atoms with E-state index in [9.17, 15) is 4.79 Å². The van der Waals surface area contributed by atoms with Crippen LogP contribution < -0.4 is 20.9 Å². The van der Waals surface area contributed by atoms with Crippen molar-refractivity contribution in [3.63, 3.8) is 0 Å². The number of aryl methyl sites for hydroxylation is 1. The second-order valence-electron chi connectivity index (χ2n) is 6.22. The maximum absolute atomic E-state index is 11.9. The molecule has 0 spiro atoms. The zero-order valence-corrected chi connectivity index (χ0v) is 14.5. The monoisotopic (exact) mass is 341 g/mol. The minimum Gasteiger partial charge on any atom is -0.497 e. The summed E-state index contributed by atoms with van der Waals surface area (Å²) in [5.41, 5.74) is 4.04. The SMILES string of the molecule is COc1cccc(-c2nc(C)cc(N3CCCC(C(=O)NN)C3)n2)c1. The molecule has 1 atom stereocenters. The van der Waals surface area contributed by atoms with Crippen LogP contribution in [0.4, 0.5) is 5.82 Å². The first-order valence-corrected chi connectivity index (χ1v) is 8.36. The van der Waals surface area contributed by atoms with Gasteiger partial charge >= 0.3 is 0 Å². The fraction of sp³-hybridized carbons (Fsp3) is 0.389. The van der Waals surface area contributed by atoms with Crippen LogP contribution in [0.3, 0.4) is 0 Å². The van der Waals surface area contributed by atoms with Crippen LogP contribution in [0, 0.1) is 12.8 Å². The third kappa shape index (κ3) is 3.88. The molecule has 0 saturated carbocycles. The molecular formula is C18H23N5O2. The highest BCUT2D eigenvalue weighted by atomic mass is 16.5. The summed E-state index contributed by atoms with van der Waals surface area (Å²) in [5.74, 6) is 7.30. The third-order valence-corrected chi connectivity index (χ3v) is 4.43. The number of nitrogens with zero attached hydrogens (tertiary/aromatic N) is 3. The van der Waals surface area contributed by atoms with Gasteiger partial charge in [0.1, 0.15) is 11.6 Å². The number of ether oxygens (including phenoxy) is 1. The number of hydrogen-bond acceptors (Lipinski definition) is 6. The van der Waals surface area contributed by atoms with E-state index in [0.29, 0.717) is 12.4 Å². The van der Waals surface area contributed by atoms with Gasteiger partial charge < -0.3 is 9.64 Å². The zero-order valence-electron chi connectivity index (χ0n) is 14.5. The van der Waals surface area contributed by atoms with E-state index >= 15 is 0 Å². The lowest BCUT2D eigenvalue weighted by Gasteiger charge is -2.32. The molecule has 1 aromatic carbocycles. The van der Waals surface area contributed by atoms with Crippen LogP contribution in [0.2, 0.25) is 0 Å². The highest BCUT2D eigenvalue weighted by Gasteiger charge is 2.26. The van der Waals surface area contributed by atoms with Crippen molar-refractivity contribution in [3.8, 4) is 17.1 Å².